The highest BCUT2D eigenvalue weighted by atomic mass is 32.2. The zero-order chi connectivity index (χ0) is 10.4. The summed E-state index contributed by atoms with van der Waals surface area (Å²) in [6, 6.07) is 7.69. The molecule has 1 nitrogen and oxygen atoms in total. The fraction of sp³-hybridized carbons (Fsp3) is 0.455. The SMILES string of the molecule is CCSc1cccc(C(F)CNC)c1. The zero-order valence-corrected chi connectivity index (χ0v) is 9.40. The molecule has 0 amide bonds. The molecule has 1 aromatic carbocycles. The quantitative estimate of drug-likeness (QED) is 0.755. The Balaban J connectivity index is 2.71. The van der Waals surface area contributed by atoms with Gasteiger partial charge in [-0.25, -0.2) is 4.39 Å². The van der Waals surface area contributed by atoms with Crippen LogP contribution in [-0.4, -0.2) is 19.3 Å². The number of halogens is 1. The third kappa shape index (κ3) is 3.31. The Bertz CT molecular complexity index is 278. The van der Waals surface area contributed by atoms with Crippen LogP contribution in [0.2, 0.25) is 0 Å². The summed E-state index contributed by atoms with van der Waals surface area (Å²) in [5.41, 5.74) is 0.762. The number of thioether (sulfide) groups is 1. The van der Waals surface area contributed by atoms with Crippen LogP contribution in [0.15, 0.2) is 29.2 Å². The minimum Gasteiger partial charge on any atom is -0.317 e. The molecule has 0 saturated heterocycles. The Morgan fingerprint density at radius 1 is 1.50 bits per heavy atom. The van der Waals surface area contributed by atoms with Crippen LogP contribution in [0.4, 0.5) is 4.39 Å². The second kappa shape index (κ2) is 6.04. The Morgan fingerprint density at radius 3 is 2.93 bits per heavy atom. The molecule has 78 valence electrons. The van der Waals surface area contributed by atoms with Gasteiger partial charge in [0.05, 0.1) is 0 Å². The summed E-state index contributed by atoms with van der Waals surface area (Å²) in [5.74, 6) is 1.02. The maximum absolute atomic E-state index is 13.5. The number of rotatable bonds is 5. The molecule has 0 radical (unpaired) electrons. The minimum absolute atomic E-state index is 0.375. The molecule has 1 atom stereocenters. The molecule has 0 aliphatic carbocycles. The second-order valence-electron chi connectivity index (χ2n) is 3.03. The van der Waals surface area contributed by atoms with E-state index in [4.69, 9.17) is 0 Å². The topological polar surface area (TPSA) is 12.0 Å². The minimum atomic E-state index is -0.905. The Labute approximate surface area is 89.1 Å². The molecule has 0 saturated carbocycles. The van der Waals surface area contributed by atoms with Crippen molar-refractivity contribution in [2.24, 2.45) is 0 Å². The molecular weight excluding hydrogens is 197 g/mol. The highest BCUT2D eigenvalue weighted by Crippen LogP contribution is 2.23. The molecule has 1 rings (SSSR count). The summed E-state index contributed by atoms with van der Waals surface area (Å²) in [4.78, 5) is 1.14. The molecule has 0 bridgehead atoms. The summed E-state index contributed by atoms with van der Waals surface area (Å²) >= 11 is 1.74. The number of likely N-dealkylation sites (N-methyl/N-ethyl adjacent to an activating group) is 1. The van der Waals surface area contributed by atoms with E-state index in [2.05, 4.69) is 12.2 Å². The van der Waals surface area contributed by atoms with Gasteiger partial charge in [0.15, 0.2) is 0 Å². The molecule has 0 spiro atoms. The predicted octanol–water partition coefficient (Wildman–Crippen LogP) is 3.03. The normalized spacial score (nSPS) is 12.8. The lowest BCUT2D eigenvalue weighted by molar-refractivity contribution is 0.335. The number of benzene rings is 1. The van der Waals surface area contributed by atoms with E-state index in [1.165, 1.54) is 0 Å². The molecule has 1 N–H and O–H groups in total. The van der Waals surface area contributed by atoms with Crippen LogP contribution in [0.5, 0.6) is 0 Å². The van der Waals surface area contributed by atoms with Crippen molar-refractivity contribution < 1.29 is 4.39 Å². The summed E-state index contributed by atoms with van der Waals surface area (Å²) in [6.07, 6.45) is -0.905. The van der Waals surface area contributed by atoms with E-state index in [9.17, 15) is 4.39 Å². The standard InChI is InChI=1S/C11H16FNS/c1-3-14-10-6-4-5-9(7-10)11(12)8-13-2/h4-7,11,13H,3,8H2,1-2H3. The second-order valence-corrected chi connectivity index (χ2v) is 4.37. The highest BCUT2D eigenvalue weighted by molar-refractivity contribution is 7.99. The molecule has 1 unspecified atom stereocenters. The van der Waals surface area contributed by atoms with Gasteiger partial charge in [0.2, 0.25) is 0 Å². The van der Waals surface area contributed by atoms with Crippen molar-refractivity contribution in [2.75, 3.05) is 19.3 Å². The first-order chi connectivity index (χ1) is 6.77. The van der Waals surface area contributed by atoms with Crippen LogP contribution in [0.3, 0.4) is 0 Å². The van der Waals surface area contributed by atoms with Crippen molar-refractivity contribution in [1.29, 1.82) is 0 Å². The fourth-order valence-electron chi connectivity index (χ4n) is 1.26. The van der Waals surface area contributed by atoms with E-state index in [-0.39, 0.29) is 0 Å². The summed E-state index contributed by atoms with van der Waals surface area (Å²) in [7, 11) is 1.76. The third-order valence-electron chi connectivity index (χ3n) is 1.91. The Hall–Kier alpha value is -0.540. The van der Waals surface area contributed by atoms with E-state index in [1.807, 2.05) is 24.3 Å². The van der Waals surface area contributed by atoms with Gasteiger partial charge in [-0.1, -0.05) is 19.1 Å². The van der Waals surface area contributed by atoms with Crippen LogP contribution in [0, 0.1) is 0 Å². The van der Waals surface area contributed by atoms with Crippen molar-refractivity contribution >= 4 is 11.8 Å². The first-order valence-corrected chi connectivity index (χ1v) is 5.78. The maximum atomic E-state index is 13.5. The maximum Gasteiger partial charge on any atom is 0.138 e. The van der Waals surface area contributed by atoms with Crippen LogP contribution in [-0.2, 0) is 0 Å². The third-order valence-corrected chi connectivity index (χ3v) is 2.79. The van der Waals surface area contributed by atoms with Gasteiger partial charge < -0.3 is 5.32 Å². The van der Waals surface area contributed by atoms with Crippen molar-refractivity contribution in [3.05, 3.63) is 29.8 Å². The Morgan fingerprint density at radius 2 is 2.29 bits per heavy atom. The number of alkyl halides is 1. The van der Waals surface area contributed by atoms with Crippen LogP contribution < -0.4 is 5.32 Å². The van der Waals surface area contributed by atoms with Gasteiger partial charge in [-0.2, -0.15) is 0 Å². The zero-order valence-electron chi connectivity index (χ0n) is 8.59. The first kappa shape index (κ1) is 11.5. The van der Waals surface area contributed by atoms with E-state index in [1.54, 1.807) is 18.8 Å². The van der Waals surface area contributed by atoms with Gasteiger partial charge in [0.1, 0.15) is 6.17 Å². The molecule has 0 aliphatic rings. The lowest BCUT2D eigenvalue weighted by Gasteiger charge is -2.08. The van der Waals surface area contributed by atoms with Crippen LogP contribution in [0.1, 0.15) is 18.7 Å². The largest absolute Gasteiger partial charge is 0.317 e. The molecule has 0 aromatic heterocycles. The number of hydrogen-bond acceptors (Lipinski definition) is 2. The highest BCUT2D eigenvalue weighted by Gasteiger charge is 2.08. The van der Waals surface area contributed by atoms with Gasteiger partial charge in [-0.05, 0) is 30.5 Å². The number of nitrogens with one attached hydrogen (secondary N) is 1. The van der Waals surface area contributed by atoms with E-state index < -0.39 is 6.17 Å². The fourth-order valence-corrected chi connectivity index (χ4v) is 1.99. The first-order valence-electron chi connectivity index (χ1n) is 4.79. The van der Waals surface area contributed by atoms with Crippen LogP contribution in [0.25, 0.3) is 0 Å². The molecular formula is C11H16FNS. The van der Waals surface area contributed by atoms with Gasteiger partial charge in [-0.3, -0.25) is 0 Å². The van der Waals surface area contributed by atoms with Gasteiger partial charge >= 0.3 is 0 Å². The van der Waals surface area contributed by atoms with E-state index in [0.717, 1.165) is 16.2 Å². The van der Waals surface area contributed by atoms with Gasteiger partial charge in [0, 0.05) is 11.4 Å². The van der Waals surface area contributed by atoms with E-state index >= 15 is 0 Å². The lowest BCUT2D eigenvalue weighted by atomic mass is 10.1. The summed E-state index contributed by atoms with van der Waals surface area (Å²) in [6.45, 7) is 2.47. The molecule has 14 heavy (non-hydrogen) atoms. The molecule has 3 heteroatoms. The summed E-state index contributed by atoms with van der Waals surface area (Å²) in [5, 5.41) is 2.84. The van der Waals surface area contributed by atoms with Crippen LogP contribution >= 0.6 is 11.8 Å². The summed E-state index contributed by atoms with van der Waals surface area (Å²) < 4.78 is 13.5. The molecule has 0 aliphatic heterocycles. The van der Waals surface area contributed by atoms with Crippen molar-refractivity contribution in [2.45, 2.75) is 18.0 Å². The van der Waals surface area contributed by atoms with Crippen molar-refractivity contribution in [3.8, 4) is 0 Å². The average molecular weight is 213 g/mol. The smallest absolute Gasteiger partial charge is 0.138 e. The average Bonchev–Trinajstić information content (AvgIpc) is 2.19. The number of hydrogen-bond donors (Lipinski definition) is 1. The lowest BCUT2D eigenvalue weighted by Crippen LogP contribution is -2.13. The van der Waals surface area contributed by atoms with Crippen molar-refractivity contribution in [3.63, 3.8) is 0 Å². The predicted molar refractivity (Wildman–Crippen MR) is 60.6 cm³/mol. The van der Waals surface area contributed by atoms with Crippen molar-refractivity contribution in [1.82, 2.24) is 5.32 Å². The molecule has 0 fully saturated rings. The molecule has 1 aromatic rings. The van der Waals surface area contributed by atoms with Gasteiger partial charge in [-0.15, -0.1) is 11.8 Å². The van der Waals surface area contributed by atoms with Gasteiger partial charge in [0.25, 0.3) is 0 Å². The Kier molecular flexibility index (Phi) is 4.98. The van der Waals surface area contributed by atoms with E-state index in [0.29, 0.717) is 6.54 Å². The molecule has 0 heterocycles. The monoisotopic (exact) mass is 213 g/mol.